The minimum atomic E-state index is -4.10. The van der Waals surface area contributed by atoms with Crippen molar-refractivity contribution in [3.05, 3.63) is 0 Å². The molecule has 78 valence electrons. The average Bonchev–Trinajstić information content (AvgIpc) is 2.08. The van der Waals surface area contributed by atoms with Crippen molar-refractivity contribution in [1.82, 2.24) is 0 Å². The van der Waals surface area contributed by atoms with E-state index in [1.165, 1.54) is 0 Å². The van der Waals surface area contributed by atoms with Crippen LogP contribution in [0.2, 0.25) is 12.6 Å². The molecule has 8 radical (unpaired) electrons. The molecule has 0 rings (SSSR count). The molecule has 3 nitrogen and oxygen atoms in total. The molecule has 0 aliphatic rings. The van der Waals surface area contributed by atoms with Crippen LogP contribution in [0.25, 0.3) is 0 Å². The van der Waals surface area contributed by atoms with Crippen LogP contribution in [0.3, 0.4) is 0 Å². The van der Waals surface area contributed by atoms with Crippen molar-refractivity contribution in [2.75, 3.05) is 0 Å². The highest BCUT2D eigenvalue weighted by Crippen LogP contribution is 2.22. The molecule has 0 spiro atoms. The van der Waals surface area contributed by atoms with Gasteiger partial charge in [-0.05, 0) is 12.6 Å². The molecular formula is C4H7F3O3Si4. The van der Waals surface area contributed by atoms with E-state index in [1.54, 1.807) is 6.55 Å². The third kappa shape index (κ3) is 10.6. The van der Waals surface area contributed by atoms with Crippen molar-refractivity contribution >= 4 is 39.5 Å². The second-order valence-corrected chi connectivity index (χ2v) is 6.98. The van der Waals surface area contributed by atoms with Gasteiger partial charge in [-0.3, -0.25) is 0 Å². The molecule has 0 unspecified atom stereocenters. The first-order chi connectivity index (χ1) is 6.45. The Kier molecular flexibility index (Phi) is 8.08. The van der Waals surface area contributed by atoms with Gasteiger partial charge in [0.2, 0.25) is 10.5 Å². The van der Waals surface area contributed by atoms with Crippen molar-refractivity contribution in [1.29, 1.82) is 0 Å². The standard InChI is InChI=1S/C4H7F3O3Si4/c1-14(3-2-4(5,6)7)10-13-9-12-8-11/h2-3H2,1H3. The largest absolute Gasteiger partial charge is 0.435 e. The molecule has 0 heterocycles. The Morgan fingerprint density at radius 2 is 2.00 bits per heavy atom. The minimum Gasteiger partial charge on any atom is -0.435 e. The van der Waals surface area contributed by atoms with E-state index >= 15 is 0 Å². The molecule has 0 fully saturated rings. The van der Waals surface area contributed by atoms with Gasteiger partial charge in [0.25, 0.3) is 0 Å². The Morgan fingerprint density at radius 1 is 1.36 bits per heavy atom. The van der Waals surface area contributed by atoms with E-state index in [1.807, 2.05) is 0 Å². The number of halogens is 3. The molecule has 0 aliphatic heterocycles. The van der Waals surface area contributed by atoms with Crippen LogP contribution in [0.15, 0.2) is 0 Å². The van der Waals surface area contributed by atoms with Gasteiger partial charge in [0.15, 0.2) is 9.04 Å². The van der Waals surface area contributed by atoms with E-state index in [-0.39, 0.29) is 26.1 Å². The summed E-state index contributed by atoms with van der Waals surface area (Å²) in [5.74, 6) is 0. The van der Waals surface area contributed by atoms with Crippen molar-refractivity contribution in [2.24, 2.45) is 0 Å². The van der Waals surface area contributed by atoms with E-state index in [0.29, 0.717) is 0 Å². The summed E-state index contributed by atoms with van der Waals surface area (Å²) in [5.41, 5.74) is 0. The van der Waals surface area contributed by atoms with Gasteiger partial charge < -0.3 is 12.3 Å². The lowest BCUT2D eigenvalue weighted by atomic mass is 10.5. The number of hydrogen-bond donors (Lipinski definition) is 0. The molecule has 0 aliphatic carbocycles. The maximum absolute atomic E-state index is 11.8. The first-order valence-electron chi connectivity index (χ1n) is 3.50. The molecule has 0 saturated heterocycles. The fourth-order valence-electron chi connectivity index (χ4n) is 0.499. The Morgan fingerprint density at radius 3 is 2.50 bits per heavy atom. The van der Waals surface area contributed by atoms with Crippen LogP contribution in [0.5, 0.6) is 0 Å². The van der Waals surface area contributed by atoms with Crippen molar-refractivity contribution < 1.29 is 25.5 Å². The molecule has 0 saturated carbocycles. The molecular weight excluding hydrogens is 265 g/mol. The summed E-state index contributed by atoms with van der Waals surface area (Å²) in [6.07, 6.45) is -4.89. The average molecular weight is 272 g/mol. The maximum atomic E-state index is 11.8. The van der Waals surface area contributed by atoms with Crippen LogP contribution in [0.4, 0.5) is 13.2 Å². The summed E-state index contributed by atoms with van der Waals surface area (Å²) in [6, 6.07) is 0.0440. The second kappa shape index (κ2) is 7.78. The van der Waals surface area contributed by atoms with Crippen molar-refractivity contribution in [3.8, 4) is 0 Å². The summed E-state index contributed by atoms with van der Waals surface area (Å²) in [6.45, 7) is 1.67. The van der Waals surface area contributed by atoms with Crippen LogP contribution in [0.1, 0.15) is 6.42 Å². The van der Waals surface area contributed by atoms with Gasteiger partial charge in [-0.25, -0.2) is 0 Å². The highest BCUT2D eigenvalue weighted by molar-refractivity contribution is 6.57. The maximum Gasteiger partial charge on any atom is 0.411 e. The predicted molar refractivity (Wildman–Crippen MR) is 47.6 cm³/mol. The third-order valence-corrected chi connectivity index (χ3v) is 4.78. The zero-order valence-electron chi connectivity index (χ0n) is 7.27. The monoisotopic (exact) mass is 272 g/mol. The predicted octanol–water partition coefficient (Wildman–Crippen LogP) is 0.762. The first-order valence-corrected chi connectivity index (χ1v) is 7.66. The van der Waals surface area contributed by atoms with Crippen LogP contribution in [0, 0.1) is 0 Å². The summed E-state index contributed by atoms with van der Waals surface area (Å²) < 4.78 is 49.5. The van der Waals surface area contributed by atoms with Crippen LogP contribution in [-0.4, -0.2) is 45.7 Å². The van der Waals surface area contributed by atoms with Gasteiger partial charge >= 0.3 is 26.2 Å². The SMILES string of the molecule is C[Si](CCC(F)(F)F)O[Si]O[Si]O[Si]. The summed E-state index contributed by atoms with van der Waals surface area (Å²) >= 11 is 0. The number of hydrogen-bond acceptors (Lipinski definition) is 3. The highest BCUT2D eigenvalue weighted by Gasteiger charge is 2.28. The van der Waals surface area contributed by atoms with E-state index in [2.05, 4.69) is 14.6 Å². The smallest absolute Gasteiger partial charge is 0.411 e. The van der Waals surface area contributed by atoms with E-state index in [4.69, 9.17) is 8.23 Å². The van der Waals surface area contributed by atoms with Crippen LogP contribution in [-0.2, 0) is 12.3 Å². The molecule has 14 heavy (non-hydrogen) atoms. The first kappa shape index (κ1) is 14.5. The zero-order valence-corrected chi connectivity index (χ0v) is 11.3. The minimum absolute atomic E-state index is 0.0440. The molecule has 0 atom stereocenters. The van der Waals surface area contributed by atoms with Crippen LogP contribution >= 0.6 is 0 Å². The van der Waals surface area contributed by atoms with Gasteiger partial charge in [0.05, 0.1) is 0 Å². The van der Waals surface area contributed by atoms with Gasteiger partial charge in [0.1, 0.15) is 0 Å². The van der Waals surface area contributed by atoms with Crippen LogP contribution < -0.4 is 0 Å². The number of alkyl halides is 3. The molecule has 0 aromatic rings. The molecule has 0 aromatic heterocycles. The molecule has 0 bridgehead atoms. The van der Waals surface area contributed by atoms with Gasteiger partial charge in [-0.2, -0.15) is 13.2 Å². The fourth-order valence-corrected chi connectivity index (χ4v) is 3.33. The van der Waals surface area contributed by atoms with E-state index in [9.17, 15) is 13.2 Å². The third-order valence-electron chi connectivity index (χ3n) is 1.10. The zero-order chi connectivity index (χ0) is 11.0. The van der Waals surface area contributed by atoms with Crippen molar-refractivity contribution in [2.45, 2.75) is 25.2 Å². The molecule has 10 heteroatoms. The Labute approximate surface area is 90.7 Å². The fraction of sp³-hybridized carbons (Fsp3) is 1.00. The molecule has 0 aromatic carbocycles. The summed E-state index contributed by atoms with van der Waals surface area (Å²) in [4.78, 5) is 0. The van der Waals surface area contributed by atoms with Gasteiger partial charge in [-0.15, -0.1) is 0 Å². The normalized spacial score (nSPS) is 12.4. The molecule has 0 N–H and O–H groups in total. The van der Waals surface area contributed by atoms with Gasteiger partial charge in [-0.1, -0.05) is 0 Å². The second-order valence-electron chi connectivity index (χ2n) is 2.29. The summed E-state index contributed by atoms with van der Waals surface area (Å²) in [7, 11) is 0.858. The lowest BCUT2D eigenvalue weighted by Crippen LogP contribution is -2.22. The Balaban J connectivity index is 3.32. The lowest BCUT2D eigenvalue weighted by Gasteiger charge is -2.10. The Bertz CT molecular complexity index is 146. The number of rotatable bonds is 7. The highest BCUT2D eigenvalue weighted by atomic mass is 28.4. The quantitative estimate of drug-likeness (QED) is 0.506. The molecule has 0 amide bonds. The topological polar surface area (TPSA) is 27.7 Å². The van der Waals surface area contributed by atoms with E-state index < -0.39 is 21.6 Å². The van der Waals surface area contributed by atoms with Gasteiger partial charge in [0, 0.05) is 6.42 Å². The Hall–Kier alpha value is 0.538. The summed E-state index contributed by atoms with van der Waals surface area (Å²) in [5, 5.41) is 0. The lowest BCUT2D eigenvalue weighted by molar-refractivity contribution is -0.130. The van der Waals surface area contributed by atoms with E-state index in [0.717, 1.165) is 0 Å². The van der Waals surface area contributed by atoms with Crippen molar-refractivity contribution in [3.63, 3.8) is 0 Å².